The van der Waals surface area contributed by atoms with E-state index in [9.17, 15) is 0 Å². The van der Waals surface area contributed by atoms with Crippen molar-refractivity contribution >= 4 is 0 Å². The molecule has 0 amide bonds. The molecule has 1 aliphatic carbocycles. The minimum atomic E-state index is 0.322. The second kappa shape index (κ2) is 3.20. The SMILES string of the molecule is C1OC1COC1CC1OCC1CO1. The molecule has 0 radical (unpaired) electrons. The first-order chi connectivity index (χ1) is 6.42. The van der Waals surface area contributed by atoms with E-state index in [2.05, 4.69) is 0 Å². The lowest BCUT2D eigenvalue weighted by atomic mass is 10.5. The molecule has 13 heavy (non-hydrogen) atoms. The third-order valence-electron chi connectivity index (χ3n) is 2.47. The van der Waals surface area contributed by atoms with Gasteiger partial charge >= 0.3 is 0 Å². The van der Waals surface area contributed by atoms with Crippen LogP contribution in [0.15, 0.2) is 0 Å². The molecule has 2 saturated heterocycles. The van der Waals surface area contributed by atoms with Crippen molar-refractivity contribution < 1.29 is 18.9 Å². The van der Waals surface area contributed by atoms with E-state index in [1.807, 2.05) is 0 Å². The van der Waals surface area contributed by atoms with E-state index in [4.69, 9.17) is 18.9 Å². The van der Waals surface area contributed by atoms with Crippen LogP contribution in [0.25, 0.3) is 0 Å². The number of hydrogen-bond acceptors (Lipinski definition) is 4. The minimum absolute atomic E-state index is 0.322. The van der Waals surface area contributed by atoms with Gasteiger partial charge < -0.3 is 18.9 Å². The summed E-state index contributed by atoms with van der Waals surface area (Å²) >= 11 is 0. The molecule has 0 aromatic carbocycles. The summed E-state index contributed by atoms with van der Waals surface area (Å²) in [5.41, 5.74) is 0. The zero-order valence-electron chi connectivity index (χ0n) is 7.48. The van der Waals surface area contributed by atoms with Crippen molar-refractivity contribution in [3.8, 4) is 0 Å². The van der Waals surface area contributed by atoms with E-state index in [0.29, 0.717) is 24.4 Å². The normalized spacial score (nSPS) is 46.2. The van der Waals surface area contributed by atoms with Gasteiger partial charge in [0.05, 0.1) is 38.6 Å². The second-order valence-electron chi connectivity index (χ2n) is 3.89. The van der Waals surface area contributed by atoms with Crippen molar-refractivity contribution in [3.63, 3.8) is 0 Å². The van der Waals surface area contributed by atoms with Crippen LogP contribution in [-0.4, -0.2) is 50.8 Å². The standard InChI is InChI=1S/C9H14O4/c1-8(12-4-6-2-10-6)9(1)13-5-7-3-11-7/h6-9H,1-5H2. The van der Waals surface area contributed by atoms with Crippen molar-refractivity contribution in [1.82, 2.24) is 0 Å². The lowest BCUT2D eigenvalue weighted by Gasteiger charge is -2.01. The summed E-state index contributed by atoms with van der Waals surface area (Å²) in [7, 11) is 0. The fourth-order valence-corrected chi connectivity index (χ4v) is 1.29. The summed E-state index contributed by atoms with van der Waals surface area (Å²) < 4.78 is 21.2. The van der Waals surface area contributed by atoms with E-state index in [1.54, 1.807) is 0 Å². The molecule has 1 saturated carbocycles. The van der Waals surface area contributed by atoms with Crippen LogP contribution in [0.4, 0.5) is 0 Å². The lowest BCUT2D eigenvalue weighted by Crippen LogP contribution is -2.10. The lowest BCUT2D eigenvalue weighted by molar-refractivity contribution is 0.0321. The summed E-state index contributed by atoms with van der Waals surface area (Å²) in [6.45, 7) is 3.22. The van der Waals surface area contributed by atoms with Crippen LogP contribution in [0.2, 0.25) is 0 Å². The van der Waals surface area contributed by atoms with Crippen LogP contribution in [0, 0.1) is 0 Å². The van der Waals surface area contributed by atoms with Crippen LogP contribution in [0.5, 0.6) is 0 Å². The Hall–Kier alpha value is -0.160. The Labute approximate surface area is 77.1 Å². The van der Waals surface area contributed by atoms with E-state index < -0.39 is 0 Å². The first-order valence-electron chi connectivity index (χ1n) is 4.88. The zero-order chi connectivity index (χ0) is 8.67. The second-order valence-corrected chi connectivity index (χ2v) is 3.89. The Morgan fingerprint density at radius 2 is 1.38 bits per heavy atom. The van der Waals surface area contributed by atoms with Crippen LogP contribution >= 0.6 is 0 Å². The Kier molecular flexibility index (Phi) is 2.01. The molecular formula is C9H14O4. The van der Waals surface area contributed by atoms with Gasteiger partial charge in [-0.2, -0.15) is 0 Å². The molecule has 0 N–H and O–H groups in total. The van der Waals surface area contributed by atoms with Gasteiger partial charge in [0.2, 0.25) is 0 Å². The predicted octanol–water partition coefficient (Wildman–Crippen LogP) is -0.0419. The van der Waals surface area contributed by atoms with Gasteiger partial charge in [0.15, 0.2) is 0 Å². The maximum absolute atomic E-state index is 5.55. The topological polar surface area (TPSA) is 43.5 Å². The molecule has 3 aliphatic rings. The highest BCUT2D eigenvalue weighted by Crippen LogP contribution is 2.30. The third kappa shape index (κ3) is 2.40. The Morgan fingerprint density at radius 1 is 0.923 bits per heavy atom. The van der Waals surface area contributed by atoms with E-state index in [1.165, 1.54) is 0 Å². The first-order valence-corrected chi connectivity index (χ1v) is 4.88. The number of hydrogen-bond donors (Lipinski definition) is 0. The van der Waals surface area contributed by atoms with Crippen molar-refractivity contribution in [1.29, 1.82) is 0 Å². The molecule has 0 spiro atoms. The number of rotatable bonds is 6. The molecular weight excluding hydrogens is 172 g/mol. The summed E-state index contributed by atoms with van der Waals surface area (Å²) in [4.78, 5) is 0. The molecule has 4 heteroatoms. The van der Waals surface area contributed by atoms with Gasteiger partial charge in [-0.05, 0) is 0 Å². The fraction of sp³-hybridized carbons (Fsp3) is 1.00. The summed E-state index contributed by atoms with van der Waals surface area (Å²) in [6.07, 6.45) is 2.42. The van der Waals surface area contributed by atoms with Gasteiger partial charge in [-0.1, -0.05) is 0 Å². The highest BCUT2D eigenvalue weighted by atomic mass is 16.6. The van der Waals surface area contributed by atoms with E-state index in [-0.39, 0.29) is 0 Å². The van der Waals surface area contributed by atoms with Crippen molar-refractivity contribution in [2.45, 2.75) is 30.8 Å². The van der Waals surface area contributed by atoms with Crippen molar-refractivity contribution in [2.75, 3.05) is 26.4 Å². The Balaban J connectivity index is 1.26. The molecule has 2 aliphatic heterocycles. The molecule has 4 unspecified atom stereocenters. The maximum Gasteiger partial charge on any atom is 0.104 e. The first kappa shape index (κ1) is 8.17. The van der Waals surface area contributed by atoms with Gasteiger partial charge in [0, 0.05) is 6.42 Å². The quantitative estimate of drug-likeness (QED) is 0.546. The third-order valence-corrected chi connectivity index (χ3v) is 2.47. The average molecular weight is 186 g/mol. The van der Waals surface area contributed by atoms with Crippen molar-refractivity contribution in [2.24, 2.45) is 0 Å². The number of ether oxygens (including phenoxy) is 4. The van der Waals surface area contributed by atoms with E-state index >= 15 is 0 Å². The predicted molar refractivity (Wildman–Crippen MR) is 43.6 cm³/mol. The van der Waals surface area contributed by atoms with Crippen LogP contribution in [0.3, 0.4) is 0 Å². The molecule has 3 rings (SSSR count). The Morgan fingerprint density at radius 3 is 1.77 bits per heavy atom. The molecule has 0 bridgehead atoms. The average Bonchev–Trinajstić information content (AvgIpc) is 2.96. The van der Waals surface area contributed by atoms with Crippen LogP contribution in [0.1, 0.15) is 6.42 Å². The Bertz CT molecular complexity index is 168. The molecule has 74 valence electrons. The molecule has 0 aromatic rings. The highest BCUT2D eigenvalue weighted by molar-refractivity contribution is 4.91. The smallest absolute Gasteiger partial charge is 0.104 e. The fourth-order valence-electron chi connectivity index (χ4n) is 1.29. The summed E-state index contributed by atoms with van der Waals surface area (Å²) in [6, 6.07) is 0. The summed E-state index contributed by atoms with van der Waals surface area (Å²) in [5, 5.41) is 0. The van der Waals surface area contributed by atoms with Crippen LogP contribution < -0.4 is 0 Å². The van der Waals surface area contributed by atoms with Gasteiger partial charge in [-0.3, -0.25) is 0 Å². The molecule has 4 atom stereocenters. The van der Waals surface area contributed by atoms with Gasteiger partial charge in [-0.25, -0.2) is 0 Å². The van der Waals surface area contributed by atoms with Gasteiger partial charge in [0.25, 0.3) is 0 Å². The van der Waals surface area contributed by atoms with Crippen LogP contribution in [-0.2, 0) is 18.9 Å². The van der Waals surface area contributed by atoms with E-state index in [0.717, 1.165) is 32.8 Å². The molecule has 2 heterocycles. The number of epoxide rings is 2. The molecule has 0 aromatic heterocycles. The summed E-state index contributed by atoms with van der Waals surface area (Å²) in [5.74, 6) is 0. The monoisotopic (exact) mass is 186 g/mol. The highest BCUT2D eigenvalue weighted by Gasteiger charge is 2.42. The van der Waals surface area contributed by atoms with Gasteiger partial charge in [0.1, 0.15) is 12.2 Å². The van der Waals surface area contributed by atoms with Crippen molar-refractivity contribution in [3.05, 3.63) is 0 Å². The maximum atomic E-state index is 5.55. The molecule has 4 nitrogen and oxygen atoms in total. The molecule has 3 fully saturated rings. The van der Waals surface area contributed by atoms with Gasteiger partial charge in [-0.15, -0.1) is 0 Å². The minimum Gasteiger partial charge on any atom is -0.373 e. The zero-order valence-corrected chi connectivity index (χ0v) is 7.48. The largest absolute Gasteiger partial charge is 0.373 e.